The highest BCUT2D eigenvalue weighted by atomic mass is 16.5. The van der Waals surface area contributed by atoms with Crippen LogP contribution < -0.4 is 21.5 Å². The highest BCUT2D eigenvalue weighted by Gasteiger charge is 2.55. The summed E-state index contributed by atoms with van der Waals surface area (Å²) in [5, 5.41) is 13.8. The number of fused-ring (bicyclic) bond motifs is 2. The van der Waals surface area contributed by atoms with Crippen LogP contribution in [0.3, 0.4) is 0 Å². The van der Waals surface area contributed by atoms with Gasteiger partial charge in [-0.3, -0.25) is 9.59 Å². The number of pyridine rings is 1. The molecule has 0 bridgehead atoms. The molecule has 36 heavy (non-hydrogen) atoms. The number of hydrogen-bond donors (Lipinski definition) is 3. The predicted octanol–water partition coefficient (Wildman–Crippen LogP) is 2.18. The molecule has 190 valence electrons. The van der Waals surface area contributed by atoms with Gasteiger partial charge in [0, 0.05) is 50.3 Å². The molecule has 0 aromatic carbocycles. The van der Waals surface area contributed by atoms with Gasteiger partial charge in [0.05, 0.1) is 25.5 Å². The minimum absolute atomic E-state index is 0.0475. The SMILES string of the molecule is CNc1cc(Nc2cccn(C3[C@H]4COC[C@@H]34)c2=O)nc2c(C(=O)N[C@H]3CCC[C@H](OC)C3)cnn12. The highest BCUT2D eigenvalue weighted by Crippen LogP contribution is 2.53. The van der Waals surface area contributed by atoms with Crippen LogP contribution in [0, 0.1) is 11.8 Å². The van der Waals surface area contributed by atoms with Gasteiger partial charge in [-0.15, -0.1) is 0 Å². The molecule has 1 unspecified atom stereocenters. The first-order chi connectivity index (χ1) is 17.6. The van der Waals surface area contributed by atoms with Crippen LogP contribution in [0.4, 0.5) is 17.3 Å². The maximum atomic E-state index is 13.2. The van der Waals surface area contributed by atoms with E-state index in [1.807, 2.05) is 12.3 Å². The summed E-state index contributed by atoms with van der Waals surface area (Å²) >= 11 is 0. The number of aromatic nitrogens is 4. The molecule has 6 rings (SSSR count). The molecule has 0 spiro atoms. The molecular formula is C25H31N7O4. The molecule has 2 saturated carbocycles. The van der Waals surface area contributed by atoms with Crippen molar-refractivity contribution in [3.63, 3.8) is 0 Å². The summed E-state index contributed by atoms with van der Waals surface area (Å²) in [6.07, 6.45) is 7.26. The zero-order chi connectivity index (χ0) is 24.8. The van der Waals surface area contributed by atoms with Gasteiger partial charge in [-0.25, -0.2) is 4.98 Å². The Labute approximate surface area is 208 Å². The van der Waals surface area contributed by atoms with Gasteiger partial charge in [-0.2, -0.15) is 9.61 Å². The van der Waals surface area contributed by atoms with Crippen molar-refractivity contribution in [2.75, 3.05) is 38.0 Å². The Morgan fingerprint density at radius 2 is 2.08 bits per heavy atom. The topological polar surface area (TPSA) is 124 Å². The Kier molecular flexibility index (Phi) is 5.88. The number of methoxy groups -OCH3 is 1. The monoisotopic (exact) mass is 493 g/mol. The fraction of sp³-hybridized carbons (Fsp3) is 0.520. The number of nitrogens with one attached hydrogen (secondary N) is 3. The summed E-state index contributed by atoms with van der Waals surface area (Å²) in [4.78, 5) is 31.1. The lowest BCUT2D eigenvalue weighted by Crippen LogP contribution is -2.40. The van der Waals surface area contributed by atoms with Crippen LogP contribution in [0.2, 0.25) is 0 Å². The molecule has 3 aromatic heterocycles. The van der Waals surface area contributed by atoms with Crippen molar-refractivity contribution >= 4 is 28.9 Å². The van der Waals surface area contributed by atoms with Crippen LogP contribution in [0.1, 0.15) is 42.1 Å². The Morgan fingerprint density at radius 1 is 1.25 bits per heavy atom. The van der Waals surface area contributed by atoms with E-state index in [0.29, 0.717) is 53.6 Å². The molecule has 4 heterocycles. The van der Waals surface area contributed by atoms with Gasteiger partial charge >= 0.3 is 0 Å². The summed E-state index contributed by atoms with van der Waals surface area (Å²) < 4.78 is 14.4. The number of nitrogens with zero attached hydrogens (tertiary/aromatic N) is 4. The second-order valence-electron chi connectivity index (χ2n) is 9.88. The van der Waals surface area contributed by atoms with Crippen LogP contribution in [0.25, 0.3) is 5.65 Å². The summed E-state index contributed by atoms with van der Waals surface area (Å²) in [5.74, 6) is 1.71. The zero-order valence-electron chi connectivity index (χ0n) is 20.4. The quantitative estimate of drug-likeness (QED) is 0.458. The minimum atomic E-state index is -0.219. The van der Waals surface area contributed by atoms with E-state index in [9.17, 15) is 9.59 Å². The number of carbonyl (C=O) groups excluding carboxylic acids is 1. The first-order valence-electron chi connectivity index (χ1n) is 12.5. The maximum Gasteiger partial charge on any atom is 0.274 e. The predicted molar refractivity (Wildman–Crippen MR) is 134 cm³/mol. The van der Waals surface area contributed by atoms with E-state index in [1.54, 1.807) is 35.4 Å². The van der Waals surface area contributed by atoms with Gasteiger partial charge in [-0.1, -0.05) is 0 Å². The number of hydrogen-bond acceptors (Lipinski definition) is 8. The molecule has 3 N–H and O–H groups in total. The number of rotatable bonds is 7. The second kappa shape index (κ2) is 9.21. The number of carbonyl (C=O) groups is 1. The van der Waals surface area contributed by atoms with Crippen LogP contribution in [-0.4, -0.2) is 64.6 Å². The Balaban J connectivity index is 1.27. The van der Waals surface area contributed by atoms with Crippen molar-refractivity contribution in [1.82, 2.24) is 24.5 Å². The number of anilines is 3. The van der Waals surface area contributed by atoms with E-state index < -0.39 is 0 Å². The van der Waals surface area contributed by atoms with E-state index in [2.05, 4.69) is 26.0 Å². The molecular weight excluding hydrogens is 462 g/mol. The molecule has 0 radical (unpaired) electrons. The lowest BCUT2D eigenvalue weighted by molar-refractivity contribution is 0.0563. The second-order valence-corrected chi connectivity index (χ2v) is 9.88. The zero-order valence-corrected chi connectivity index (χ0v) is 20.4. The van der Waals surface area contributed by atoms with Gasteiger partial charge in [0.2, 0.25) is 0 Å². The number of ether oxygens (including phenoxy) is 2. The Bertz CT molecular complexity index is 1340. The van der Waals surface area contributed by atoms with Crippen LogP contribution >= 0.6 is 0 Å². The fourth-order valence-corrected chi connectivity index (χ4v) is 5.72. The van der Waals surface area contributed by atoms with Gasteiger partial charge in [0.25, 0.3) is 11.5 Å². The molecule has 3 aliphatic rings. The average Bonchev–Trinajstić information content (AvgIpc) is 3.21. The molecule has 1 aliphatic heterocycles. The van der Waals surface area contributed by atoms with E-state index in [4.69, 9.17) is 9.47 Å². The van der Waals surface area contributed by atoms with Crippen LogP contribution in [0.15, 0.2) is 35.4 Å². The third-order valence-corrected chi connectivity index (χ3v) is 7.73. The Morgan fingerprint density at radius 3 is 2.86 bits per heavy atom. The average molecular weight is 494 g/mol. The third kappa shape index (κ3) is 4.01. The van der Waals surface area contributed by atoms with Crippen molar-refractivity contribution in [3.05, 3.63) is 46.5 Å². The largest absolute Gasteiger partial charge is 0.381 e. The summed E-state index contributed by atoms with van der Waals surface area (Å²) in [5.41, 5.74) is 1.12. The van der Waals surface area contributed by atoms with E-state index in [1.165, 1.54) is 6.20 Å². The molecule has 2 aliphatic carbocycles. The van der Waals surface area contributed by atoms with Gasteiger partial charge in [0.1, 0.15) is 22.9 Å². The smallest absolute Gasteiger partial charge is 0.274 e. The van der Waals surface area contributed by atoms with Gasteiger partial charge < -0.3 is 30.0 Å². The molecule has 1 saturated heterocycles. The molecule has 11 heteroatoms. The van der Waals surface area contributed by atoms with Crippen LogP contribution in [0.5, 0.6) is 0 Å². The van der Waals surface area contributed by atoms with Gasteiger partial charge in [-0.05, 0) is 37.8 Å². The van der Waals surface area contributed by atoms with E-state index in [-0.39, 0.29) is 29.7 Å². The standard InChI is InChI=1S/C25H31N7O4/c1-26-21-10-20(29-19-7-4-8-31(25(19)34)22-17-12-36-13-18(17)22)30-23-16(11-27-32(21)23)24(33)28-14-5-3-6-15(9-14)35-2/h4,7-8,10-11,14-15,17-18,22,26H,3,5-6,9,12-13H2,1-2H3,(H,28,33)(H,29,30)/t14-,15-,17-,18+,22?/m0/s1. The molecule has 5 atom stereocenters. The summed E-state index contributed by atoms with van der Waals surface area (Å²) in [6, 6.07) is 5.62. The number of amides is 1. The molecule has 3 aromatic rings. The molecule has 3 fully saturated rings. The van der Waals surface area contributed by atoms with E-state index in [0.717, 1.165) is 25.7 Å². The molecule has 1 amide bonds. The van der Waals surface area contributed by atoms with E-state index >= 15 is 0 Å². The third-order valence-electron chi connectivity index (χ3n) is 7.73. The van der Waals surface area contributed by atoms with Crippen LogP contribution in [-0.2, 0) is 9.47 Å². The highest BCUT2D eigenvalue weighted by molar-refractivity contribution is 6.00. The van der Waals surface area contributed by atoms with Crippen molar-refractivity contribution in [1.29, 1.82) is 0 Å². The van der Waals surface area contributed by atoms with Crippen molar-refractivity contribution in [2.24, 2.45) is 11.8 Å². The van der Waals surface area contributed by atoms with Crippen molar-refractivity contribution in [3.8, 4) is 0 Å². The lowest BCUT2D eigenvalue weighted by atomic mass is 9.92. The molecule has 11 nitrogen and oxygen atoms in total. The Hall–Kier alpha value is -3.44. The first kappa shape index (κ1) is 23.0. The lowest BCUT2D eigenvalue weighted by Gasteiger charge is -2.28. The van der Waals surface area contributed by atoms with Gasteiger partial charge in [0.15, 0.2) is 5.65 Å². The fourth-order valence-electron chi connectivity index (χ4n) is 5.72. The minimum Gasteiger partial charge on any atom is -0.381 e. The first-order valence-corrected chi connectivity index (χ1v) is 12.5. The maximum absolute atomic E-state index is 13.2. The van der Waals surface area contributed by atoms with Crippen molar-refractivity contribution in [2.45, 2.75) is 43.9 Å². The van der Waals surface area contributed by atoms with Crippen molar-refractivity contribution < 1.29 is 14.3 Å². The summed E-state index contributed by atoms with van der Waals surface area (Å²) in [6.45, 7) is 1.42. The summed E-state index contributed by atoms with van der Waals surface area (Å²) in [7, 11) is 3.49. The normalized spacial score (nSPS) is 27.0.